The lowest BCUT2D eigenvalue weighted by Gasteiger charge is -2.16. The van der Waals surface area contributed by atoms with Gasteiger partial charge in [0.25, 0.3) is 0 Å². The Labute approximate surface area is 308 Å². The predicted molar refractivity (Wildman–Crippen MR) is 219 cm³/mol. The summed E-state index contributed by atoms with van der Waals surface area (Å²) in [4.78, 5) is 15.4. The molecule has 2 aromatic heterocycles. The molecule has 2 heterocycles. The molecule has 10 rings (SSSR count). The fourth-order valence-corrected chi connectivity index (χ4v) is 7.76. The number of hydrogen-bond acceptors (Lipinski definition) is 4. The van der Waals surface area contributed by atoms with Crippen molar-refractivity contribution in [3.8, 4) is 33.9 Å². The van der Waals surface area contributed by atoms with E-state index in [9.17, 15) is 0 Å². The number of fused-ring (bicyclic) bond motifs is 4. The summed E-state index contributed by atoms with van der Waals surface area (Å²) in [6.45, 7) is 0. The lowest BCUT2D eigenvalue weighted by molar-refractivity contribution is 0.670. The largest absolute Gasteiger partial charge is 0.455 e. The van der Waals surface area contributed by atoms with E-state index in [1.54, 1.807) is 0 Å². The number of nitrogens with zero attached hydrogens (tertiary/aromatic N) is 3. The van der Waals surface area contributed by atoms with E-state index in [-0.39, 0.29) is 0 Å². The van der Waals surface area contributed by atoms with E-state index >= 15 is 0 Å². The second-order valence-electron chi connectivity index (χ2n) is 13.8. The van der Waals surface area contributed by atoms with Crippen molar-refractivity contribution in [1.29, 1.82) is 0 Å². The van der Waals surface area contributed by atoms with E-state index in [2.05, 4.69) is 152 Å². The third kappa shape index (κ3) is 5.79. The van der Waals surface area contributed by atoms with Crippen molar-refractivity contribution in [2.45, 2.75) is 25.7 Å². The second kappa shape index (κ2) is 13.2. The summed E-state index contributed by atoms with van der Waals surface area (Å²) < 4.78 is 6.67. The SMILES string of the molecule is C1=CC(c2nc(-c3ccc(C4=CC=C(c5ccccc5)CC4)cc3)nc(-c3cccc4oc5c(-c6ccc7ccccc7c6)cccc5c34)n2)=CCC1. The minimum atomic E-state index is 0.631. The lowest BCUT2D eigenvalue weighted by atomic mass is 9.90. The van der Waals surface area contributed by atoms with Gasteiger partial charge in [-0.15, -0.1) is 0 Å². The molecule has 2 aliphatic rings. The van der Waals surface area contributed by atoms with Crippen molar-refractivity contribution < 1.29 is 4.42 Å². The fraction of sp³-hybridized carbons (Fsp3) is 0.0816. The maximum absolute atomic E-state index is 6.67. The van der Waals surface area contributed by atoms with E-state index in [1.165, 1.54) is 33.0 Å². The first kappa shape index (κ1) is 31.1. The normalized spacial score (nSPS) is 14.4. The van der Waals surface area contributed by atoms with Gasteiger partial charge in [-0.05, 0) is 76.4 Å². The van der Waals surface area contributed by atoms with Gasteiger partial charge < -0.3 is 4.42 Å². The topological polar surface area (TPSA) is 51.8 Å². The minimum Gasteiger partial charge on any atom is -0.455 e. The third-order valence-corrected chi connectivity index (χ3v) is 10.5. The van der Waals surface area contributed by atoms with Gasteiger partial charge in [0.15, 0.2) is 17.5 Å². The van der Waals surface area contributed by atoms with Crippen LogP contribution in [0.3, 0.4) is 0 Å². The van der Waals surface area contributed by atoms with Crippen LogP contribution >= 0.6 is 0 Å². The molecule has 0 N–H and O–H groups in total. The van der Waals surface area contributed by atoms with Crippen LogP contribution < -0.4 is 0 Å². The zero-order chi connectivity index (χ0) is 35.1. The standard InChI is InChI=1S/C49H35N3O/c1-3-11-32(12-4-1)34-21-23-35(24-22-34)36-25-28-38(29-26-36)48-50-47(37-14-5-2-6-15-37)51-49(52-48)43-19-10-20-44-45(43)42-18-9-17-41(46(42)53-44)40-30-27-33-13-7-8-16-39(33)31-40/h1,3-5,7-21,23,25-31H,2,6,22,24H2. The average molecular weight is 682 g/mol. The molecule has 252 valence electrons. The summed E-state index contributed by atoms with van der Waals surface area (Å²) in [6, 6.07) is 47.0. The molecule has 8 aromatic rings. The molecule has 0 saturated carbocycles. The van der Waals surface area contributed by atoms with Gasteiger partial charge in [-0.3, -0.25) is 0 Å². The Bertz CT molecular complexity index is 2820. The van der Waals surface area contributed by atoms with Gasteiger partial charge in [0.1, 0.15) is 11.2 Å². The highest BCUT2D eigenvalue weighted by Crippen LogP contribution is 2.41. The first-order chi connectivity index (χ1) is 26.2. The monoisotopic (exact) mass is 681 g/mol. The minimum absolute atomic E-state index is 0.631. The lowest BCUT2D eigenvalue weighted by Crippen LogP contribution is -2.03. The van der Waals surface area contributed by atoms with Crippen LogP contribution in [0.5, 0.6) is 0 Å². The van der Waals surface area contributed by atoms with Crippen LogP contribution in [-0.4, -0.2) is 15.0 Å². The predicted octanol–water partition coefficient (Wildman–Crippen LogP) is 12.9. The summed E-state index contributed by atoms with van der Waals surface area (Å²) in [5.74, 6) is 1.97. The average Bonchev–Trinajstić information content (AvgIpc) is 3.63. The maximum Gasteiger partial charge on any atom is 0.164 e. The molecule has 0 aliphatic heterocycles. The highest BCUT2D eigenvalue weighted by Gasteiger charge is 2.20. The second-order valence-corrected chi connectivity index (χ2v) is 13.8. The van der Waals surface area contributed by atoms with Gasteiger partial charge in [-0.25, -0.2) is 15.0 Å². The molecule has 0 saturated heterocycles. The highest BCUT2D eigenvalue weighted by molar-refractivity contribution is 6.15. The number of furan rings is 1. The van der Waals surface area contributed by atoms with E-state index in [0.717, 1.165) is 75.4 Å². The van der Waals surface area contributed by atoms with Crippen molar-refractivity contribution in [1.82, 2.24) is 15.0 Å². The van der Waals surface area contributed by atoms with Crippen molar-refractivity contribution in [3.63, 3.8) is 0 Å². The Hall–Kier alpha value is -6.65. The van der Waals surface area contributed by atoms with Crippen LogP contribution in [0, 0.1) is 0 Å². The Morgan fingerprint density at radius 1 is 0.491 bits per heavy atom. The van der Waals surface area contributed by atoms with Gasteiger partial charge in [-0.1, -0.05) is 152 Å². The van der Waals surface area contributed by atoms with Crippen LogP contribution in [0.15, 0.2) is 168 Å². The maximum atomic E-state index is 6.67. The van der Waals surface area contributed by atoms with Crippen LogP contribution in [0.1, 0.15) is 42.6 Å². The van der Waals surface area contributed by atoms with Gasteiger partial charge in [0, 0.05) is 33.0 Å². The molecule has 6 aromatic carbocycles. The van der Waals surface area contributed by atoms with E-state index in [4.69, 9.17) is 19.4 Å². The van der Waals surface area contributed by atoms with Gasteiger partial charge in [0.2, 0.25) is 0 Å². The Balaban J connectivity index is 1.07. The smallest absolute Gasteiger partial charge is 0.164 e. The summed E-state index contributed by atoms with van der Waals surface area (Å²) >= 11 is 0. The van der Waals surface area contributed by atoms with Crippen molar-refractivity contribution in [2.75, 3.05) is 0 Å². The highest BCUT2D eigenvalue weighted by atomic mass is 16.3. The number of benzene rings is 6. The molecule has 0 amide bonds. The van der Waals surface area contributed by atoms with Crippen LogP contribution in [0.2, 0.25) is 0 Å². The van der Waals surface area contributed by atoms with Crippen LogP contribution in [0.4, 0.5) is 0 Å². The molecule has 0 radical (unpaired) electrons. The molecule has 53 heavy (non-hydrogen) atoms. The first-order valence-electron chi connectivity index (χ1n) is 18.4. The number of rotatable bonds is 6. The third-order valence-electron chi connectivity index (χ3n) is 10.5. The molecule has 0 spiro atoms. The molecule has 4 heteroatoms. The van der Waals surface area contributed by atoms with E-state index < -0.39 is 0 Å². The summed E-state index contributed by atoms with van der Waals surface area (Å²) in [7, 11) is 0. The van der Waals surface area contributed by atoms with E-state index in [1.807, 2.05) is 12.1 Å². The molecular formula is C49H35N3O. The van der Waals surface area contributed by atoms with Gasteiger partial charge >= 0.3 is 0 Å². The first-order valence-corrected chi connectivity index (χ1v) is 18.4. The molecule has 0 atom stereocenters. The van der Waals surface area contributed by atoms with Crippen LogP contribution in [-0.2, 0) is 0 Å². The van der Waals surface area contributed by atoms with Crippen molar-refractivity contribution in [3.05, 3.63) is 181 Å². The molecule has 0 bridgehead atoms. The van der Waals surface area contributed by atoms with Crippen LogP contribution in [0.25, 0.3) is 83.3 Å². The summed E-state index contributed by atoms with van der Waals surface area (Å²) in [6.07, 6.45) is 15.1. The Morgan fingerprint density at radius 2 is 1.17 bits per heavy atom. The molecule has 2 aliphatic carbocycles. The number of aromatic nitrogens is 3. The van der Waals surface area contributed by atoms with Crippen molar-refractivity contribution in [2.24, 2.45) is 0 Å². The quantitative estimate of drug-likeness (QED) is 0.175. The molecular weight excluding hydrogens is 647 g/mol. The van der Waals surface area contributed by atoms with Gasteiger partial charge in [0.05, 0.1) is 0 Å². The zero-order valence-electron chi connectivity index (χ0n) is 29.2. The molecule has 0 unspecified atom stereocenters. The van der Waals surface area contributed by atoms with E-state index in [0.29, 0.717) is 17.5 Å². The molecule has 0 fully saturated rings. The fourth-order valence-electron chi connectivity index (χ4n) is 7.76. The Kier molecular flexibility index (Phi) is 7.72. The van der Waals surface area contributed by atoms with Gasteiger partial charge in [-0.2, -0.15) is 0 Å². The number of para-hydroxylation sites is 1. The molecule has 4 nitrogen and oxygen atoms in total. The number of allylic oxidation sites excluding steroid dienone is 8. The number of hydrogen-bond donors (Lipinski definition) is 0. The van der Waals surface area contributed by atoms with Crippen molar-refractivity contribution >= 4 is 49.4 Å². The summed E-state index contributed by atoms with van der Waals surface area (Å²) in [5.41, 5.74) is 12.0. The Morgan fingerprint density at radius 3 is 1.96 bits per heavy atom. The zero-order valence-corrected chi connectivity index (χ0v) is 29.2. The summed E-state index contributed by atoms with van der Waals surface area (Å²) in [5, 5.41) is 4.46.